The molecule has 1 aromatic carbocycles. The number of fused-ring (bicyclic) bond motifs is 1. The van der Waals surface area contributed by atoms with Crippen molar-refractivity contribution in [2.24, 2.45) is 23.7 Å². The zero-order chi connectivity index (χ0) is 15.6. The predicted octanol–water partition coefficient (Wildman–Crippen LogP) is 3.20. The van der Waals surface area contributed by atoms with E-state index in [9.17, 15) is 9.59 Å². The summed E-state index contributed by atoms with van der Waals surface area (Å²) < 4.78 is 6.44. The van der Waals surface area contributed by atoms with Crippen LogP contribution in [0, 0.1) is 37.5 Å². The van der Waals surface area contributed by atoms with Crippen LogP contribution in [-0.2, 0) is 14.3 Å². The number of hydrogen-bond donors (Lipinski definition) is 1. The minimum absolute atomic E-state index is 0.0281. The molecule has 0 radical (unpaired) electrons. The summed E-state index contributed by atoms with van der Waals surface area (Å²) in [5.74, 6) is -0.0806. The van der Waals surface area contributed by atoms with Crippen LogP contribution in [-0.4, -0.2) is 18.0 Å². The minimum atomic E-state index is -0.223. The molecule has 3 aliphatic rings. The number of rotatable bonds is 2. The van der Waals surface area contributed by atoms with Gasteiger partial charge in [-0.1, -0.05) is 15.9 Å². The van der Waals surface area contributed by atoms with Gasteiger partial charge in [0.1, 0.15) is 6.10 Å². The van der Waals surface area contributed by atoms with Gasteiger partial charge in [0.15, 0.2) is 0 Å². The van der Waals surface area contributed by atoms with Gasteiger partial charge in [-0.05, 0) is 55.9 Å². The van der Waals surface area contributed by atoms with Gasteiger partial charge in [0, 0.05) is 16.1 Å². The van der Waals surface area contributed by atoms with E-state index < -0.39 is 0 Å². The molecule has 1 aliphatic heterocycles. The third kappa shape index (κ3) is 1.87. The van der Waals surface area contributed by atoms with Crippen LogP contribution >= 0.6 is 15.9 Å². The lowest BCUT2D eigenvalue weighted by atomic mass is 9.79. The molecule has 1 amide bonds. The summed E-state index contributed by atoms with van der Waals surface area (Å²) in [6.07, 6.45) is 1.88. The molecular formula is C17H18BrNO3. The largest absolute Gasteiger partial charge is 0.462 e. The van der Waals surface area contributed by atoms with Crippen molar-refractivity contribution < 1.29 is 14.3 Å². The molecule has 1 aromatic rings. The van der Waals surface area contributed by atoms with Crippen molar-refractivity contribution in [3.05, 3.63) is 27.7 Å². The molecule has 1 saturated heterocycles. The Labute approximate surface area is 137 Å². The van der Waals surface area contributed by atoms with E-state index in [1.54, 1.807) is 0 Å². The predicted molar refractivity (Wildman–Crippen MR) is 85.3 cm³/mol. The van der Waals surface area contributed by atoms with Crippen LogP contribution in [0.4, 0.5) is 5.69 Å². The molecule has 2 aliphatic carbocycles. The summed E-state index contributed by atoms with van der Waals surface area (Å²) in [6.45, 7) is 4.02. The first-order chi connectivity index (χ1) is 10.5. The minimum Gasteiger partial charge on any atom is -0.462 e. The standard InChI is InChI=1S/C17H18BrNO3/c1-7-8(2)12(4-3-11(7)18)19-16(20)14-9-5-10-13(6-9)22-17(21)15(10)14/h3-4,9-10,13-15H,5-6H2,1-2H3,(H,19,20)/t9-,10+,13-,14+,15+/m0/s1. The third-order valence-electron chi connectivity index (χ3n) is 5.76. The summed E-state index contributed by atoms with van der Waals surface area (Å²) in [6, 6.07) is 3.85. The van der Waals surface area contributed by atoms with Crippen LogP contribution in [0.5, 0.6) is 0 Å². The second-order valence-electron chi connectivity index (χ2n) is 6.76. The number of anilines is 1. The maximum atomic E-state index is 12.8. The Morgan fingerprint density at radius 2 is 2.05 bits per heavy atom. The third-order valence-corrected chi connectivity index (χ3v) is 6.62. The summed E-state index contributed by atoms with van der Waals surface area (Å²) >= 11 is 3.50. The van der Waals surface area contributed by atoms with Crippen molar-refractivity contribution in [1.29, 1.82) is 0 Å². The van der Waals surface area contributed by atoms with Crippen LogP contribution in [0.15, 0.2) is 16.6 Å². The smallest absolute Gasteiger partial charge is 0.310 e. The fourth-order valence-corrected chi connectivity index (χ4v) is 4.93. The first kappa shape index (κ1) is 14.2. The number of nitrogens with one attached hydrogen (secondary N) is 1. The van der Waals surface area contributed by atoms with Crippen molar-refractivity contribution in [2.45, 2.75) is 32.8 Å². The molecule has 0 aromatic heterocycles. The Kier molecular flexibility index (Phi) is 3.12. The van der Waals surface area contributed by atoms with E-state index >= 15 is 0 Å². The number of amides is 1. The Morgan fingerprint density at radius 1 is 1.27 bits per heavy atom. The van der Waals surface area contributed by atoms with Gasteiger partial charge >= 0.3 is 5.97 Å². The number of carbonyl (C=O) groups is 2. The molecule has 5 heteroatoms. The summed E-state index contributed by atoms with van der Waals surface area (Å²) in [5.41, 5.74) is 3.00. The highest BCUT2D eigenvalue weighted by Gasteiger charge is 2.63. The first-order valence-corrected chi connectivity index (χ1v) is 8.53. The van der Waals surface area contributed by atoms with Crippen LogP contribution in [0.1, 0.15) is 24.0 Å². The maximum absolute atomic E-state index is 12.8. The number of halogens is 1. The SMILES string of the molecule is Cc1c(Br)ccc(NC(=O)[C@@H]2[C@H]3C[C@H]4[C@H]2C(=O)O[C@H]4C3)c1C. The molecule has 4 rings (SSSR count). The summed E-state index contributed by atoms with van der Waals surface area (Å²) in [5, 5.41) is 3.04. The number of benzene rings is 1. The monoisotopic (exact) mass is 363 g/mol. The lowest BCUT2D eigenvalue weighted by molar-refractivity contribution is -0.145. The Morgan fingerprint density at radius 3 is 2.82 bits per heavy atom. The van der Waals surface area contributed by atoms with E-state index in [2.05, 4.69) is 21.2 Å². The second-order valence-corrected chi connectivity index (χ2v) is 7.61. The number of esters is 1. The molecule has 116 valence electrons. The molecule has 0 unspecified atom stereocenters. The summed E-state index contributed by atoms with van der Waals surface area (Å²) in [4.78, 5) is 24.8. The molecular weight excluding hydrogens is 346 g/mol. The Balaban J connectivity index is 1.59. The van der Waals surface area contributed by atoms with E-state index in [0.29, 0.717) is 5.92 Å². The summed E-state index contributed by atoms with van der Waals surface area (Å²) in [7, 11) is 0. The van der Waals surface area contributed by atoms with Crippen molar-refractivity contribution >= 4 is 33.5 Å². The van der Waals surface area contributed by atoms with Gasteiger partial charge < -0.3 is 10.1 Å². The van der Waals surface area contributed by atoms with Gasteiger partial charge in [0.05, 0.1) is 11.8 Å². The quantitative estimate of drug-likeness (QED) is 0.820. The van der Waals surface area contributed by atoms with Gasteiger partial charge in [0.2, 0.25) is 5.91 Å². The van der Waals surface area contributed by atoms with Crippen LogP contribution in [0.25, 0.3) is 0 Å². The van der Waals surface area contributed by atoms with Crippen molar-refractivity contribution in [3.8, 4) is 0 Å². The highest BCUT2D eigenvalue weighted by Crippen LogP contribution is 2.57. The van der Waals surface area contributed by atoms with Gasteiger partial charge in [-0.3, -0.25) is 9.59 Å². The van der Waals surface area contributed by atoms with Crippen molar-refractivity contribution in [1.82, 2.24) is 0 Å². The molecule has 2 bridgehead atoms. The van der Waals surface area contributed by atoms with E-state index in [0.717, 1.165) is 34.1 Å². The maximum Gasteiger partial charge on any atom is 0.310 e. The topological polar surface area (TPSA) is 55.4 Å². The fraction of sp³-hybridized carbons (Fsp3) is 0.529. The highest BCUT2D eigenvalue weighted by molar-refractivity contribution is 9.10. The molecule has 4 nitrogen and oxygen atoms in total. The normalized spacial score (nSPS) is 34.9. The molecule has 1 heterocycles. The van der Waals surface area contributed by atoms with Gasteiger partial charge in [-0.25, -0.2) is 0 Å². The molecule has 1 N–H and O–H groups in total. The van der Waals surface area contributed by atoms with E-state index in [-0.39, 0.29) is 35.7 Å². The average molecular weight is 364 g/mol. The van der Waals surface area contributed by atoms with Crippen LogP contribution in [0.2, 0.25) is 0 Å². The van der Waals surface area contributed by atoms with E-state index in [4.69, 9.17) is 4.74 Å². The highest BCUT2D eigenvalue weighted by atomic mass is 79.9. The van der Waals surface area contributed by atoms with E-state index in [1.165, 1.54) is 0 Å². The molecule has 3 fully saturated rings. The average Bonchev–Trinajstić information content (AvgIpc) is 3.09. The lowest BCUT2D eigenvalue weighted by Gasteiger charge is -2.24. The fourth-order valence-electron chi connectivity index (χ4n) is 4.50. The molecule has 5 atom stereocenters. The van der Waals surface area contributed by atoms with Gasteiger partial charge in [-0.15, -0.1) is 0 Å². The lowest BCUT2D eigenvalue weighted by Crippen LogP contribution is -2.36. The van der Waals surface area contributed by atoms with Crippen LogP contribution in [0.3, 0.4) is 0 Å². The zero-order valence-corrected chi connectivity index (χ0v) is 14.1. The van der Waals surface area contributed by atoms with Gasteiger partial charge in [-0.2, -0.15) is 0 Å². The Hall–Kier alpha value is -1.36. The van der Waals surface area contributed by atoms with E-state index in [1.807, 2.05) is 26.0 Å². The van der Waals surface area contributed by atoms with Crippen molar-refractivity contribution in [2.75, 3.05) is 5.32 Å². The van der Waals surface area contributed by atoms with Crippen LogP contribution < -0.4 is 5.32 Å². The number of carbonyl (C=O) groups excluding carboxylic acids is 2. The molecule has 2 saturated carbocycles. The number of hydrogen-bond acceptors (Lipinski definition) is 3. The number of ether oxygens (including phenoxy) is 1. The zero-order valence-electron chi connectivity index (χ0n) is 12.6. The Bertz CT molecular complexity index is 685. The molecule has 22 heavy (non-hydrogen) atoms. The van der Waals surface area contributed by atoms with Crippen molar-refractivity contribution in [3.63, 3.8) is 0 Å². The second kappa shape index (κ2) is 4.82. The van der Waals surface area contributed by atoms with Gasteiger partial charge in [0.25, 0.3) is 0 Å². The molecule has 0 spiro atoms. The first-order valence-electron chi connectivity index (χ1n) is 7.74.